The molecule has 5 heteroatoms. The molecule has 0 spiro atoms. The van der Waals surface area contributed by atoms with Crippen LogP contribution in [0.2, 0.25) is 0 Å². The smallest absolute Gasteiger partial charge is 0.237 e. The lowest BCUT2D eigenvalue weighted by Crippen LogP contribution is -2.47. The van der Waals surface area contributed by atoms with Crippen LogP contribution in [0.1, 0.15) is 19.8 Å². The van der Waals surface area contributed by atoms with E-state index >= 15 is 0 Å². The minimum atomic E-state index is -0.170. The predicted molar refractivity (Wildman–Crippen MR) is 61.2 cm³/mol. The average molecular weight is 230 g/mol. The Morgan fingerprint density at radius 1 is 1.62 bits per heavy atom. The lowest BCUT2D eigenvalue weighted by atomic mass is 10.2. The molecule has 0 aromatic carbocycles. The summed E-state index contributed by atoms with van der Waals surface area (Å²) in [6.45, 7) is 3.63. The number of nitrogens with zero attached hydrogens (tertiary/aromatic N) is 1. The molecule has 5 nitrogen and oxygen atoms in total. The zero-order chi connectivity index (χ0) is 12.0. The molecule has 16 heavy (non-hydrogen) atoms. The Labute approximate surface area is 96.8 Å². The van der Waals surface area contributed by atoms with E-state index in [0.29, 0.717) is 25.7 Å². The molecule has 1 amide bonds. The fourth-order valence-electron chi connectivity index (χ4n) is 1.79. The fourth-order valence-corrected chi connectivity index (χ4v) is 1.79. The standard InChI is InChI=1S/C11H22N2O3/c1-9(11(15)12-5-8-16-2)13(6-7-14)10-3-4-10/h9-10,14H,3-8H2,1-2H3,(H,12,15). The molecule has 1 rings (SSSR count). The molecule has 0 radical (unpaired) electrons. The Balaban J connectivity index is 2.33. The Morgan fingerprint density at radius 2 is 2.31 bits per heavy atom. The van der Waals surface area contributed by atoms with E-state index in [2.05, 4.69) is 10.2 Å². The summed E-state index contributed by atoms with van der Waals surface area (Å²) in [5.41, 5.74) is 0. The van der Waals surface area contributed by atoms with Gasteiger partial charge in [0.1, 0.15) is 0 Å². The zero-order valence-electron chi connectivity index (χ0n) is 10.1. The first-order valence-electron chi connectivity index (χ1n) is 5.84. The van der Waals surface area contributed by atoms with Gasteiger partial charge in [0, 0.05) is 26.2 Å². The van der Waals surface area contributed by atoms with Crippen molar-refractivity contribution in [3.8, 4) is 0 Å². The van der Waals surface area contributed by atoms with Crippen LogP contribution in [-0.4, -0.2) is 61.4 Å². The first-order chi connectivity index (χ1) is 7.70. The normalized spacial score (nSPS) is 17.5. The summed E-state index contributed by atoms with van der Waals surface area (Å²) in [7, 11) is 1.61. The number of amides is 1. The van der Waals surface area contributed by atoms with Crippen LogP contribution in [-0.2, 0) is 9.53 Å². The molecule has 0 aliphatic heterocycles. The molecule has 0 aromatic heterocycles. The molecule has 2 N–H and O–H groups in total. The van der Waals surface area contributed by atoms with E-state index in [0.717, 1.165) is 12.8 Å². The monoisotopic (exact) mass is 230 g/mol. The fraction of sp³-hybridized carbons (Fsp3) is 0.909. The van der Waals surface area contributed by atoms with Gasteiger partial charge in [-0.15, -0.1) is 0 Å². The van der Waals surface area contributed by atoms with Gasteiger partial charge in [-0.2, -0.15) is 0 Å². The molecule has 0 bridgehead atoms. The molecule has 94 valence electrons. The van der Waals surface area contributed by atoms with Crippen molar-refractivity contribution in [1.29, 1.82) is 0 Å². The highest BCUT2D eigenvalue weighted by molar-refractivity contribution is 5.81. The molecule has 0 saturated heterocycles. The minimum Gasteiger partial charge on any atom is -0.395 e. The summed E-state index contributed by atoms with van der Waals surface area (Å²) in [6.07, 6.45) is 2.27. The number of hydrogen-bond donors (Lipinski definition) is 2. The van der Waals surface area contributed by atoms with E-state index in [-0.39, 0.29) is 18.6 Å². The van der Waals surface area contributed by atoms with Crippen molar-refractivity contribution in [2.45, 2.75) is 31.8 Å². The van der Waals surface area contributed by atoms with E-state index in [1.807, 2.05) is 6.92 Å². The third kappa shape index (κ3) is 4.08. The van der Waals surface area contributed by atoms with Crippen LogP contribution in [0.15, 0.2) is 0 Å². The van der Waals surface area contributed by atoms with Gasteiger partial charge < -0.3 is 15.2 Å². The highest BCUT2D eigenvalue weighted by atomic mass is 16.5. The Morgan fingerprint density at radius 3 is 2.81 bits per heavy atom. The maximum atomic E-state index is 11.8. The van der Waals surface area contributed by atoms with Gasteiger partial charge in [0.2, 0.25) is 5.91 Å². The predicted octanol–water partition coefficient (Wildman–Crippen LogP) is -0.406. The number of ether oxygens (including phenoxy) is 1. The topological polar surface area (TPSA) is 61.8 Å². The van der Waals surface area contributed by atoms with Crippen LogP contribution in [0.4, 0.5) is 0 Å². The molecule has 1 saturated carbocycles. The molecule has 1 aliphatic rings. The van der Waals surface area contributed by atoms with Gasteiger partial charge >= 0.3 is 0 Å². The molecule has 0 aromatic rings. The van der Waals surface area contributed by atoms with Gasteiger partial charge in [0.15, 0.2) is 0 Å². The highest BCUT2D eigenvalue weighted by Gasteiger charge is 2.34. The Bertz CT molecular complexity index is 219. The number of methoxy groups -OCH3 is 1. The van der Waals surface area contributed by atoms with E-state index in [4.69, 9.17) is 9.84 Å². The zero-order valence-corrected chi connectivity index (χ0v) is 10.1. The lowest BCUT2D eigenvalue weighted by Gasteiger charge is -2.27. The van der Waals surface area contributed by atoms with Crippen LogP contribution < -0.4 is 5.32 Å². The van der Waals surface area contributed by atoms with Gasteiger partial charge in [-0.1, -0.05) is 0 Å². The van der Waals surface area contributed by atoms with Crippen molar-refractivity contribution in [3.05, 3.63) is 0 Å². The molecule has 1 aliphatic carbocycles. The summed E-state index contributed by atoms with van der Waals surface area (Å²) in [5.74, 6) is 0.0115. The number of aliphatic hydroxyl groups excluding tert-OH is 1. The Hall–Kier alpha value is -0.650. The van der Waals surface area contributed by atoms with Crippen LogP contribution in [0, 0.1) is 0 Å². The van der Waals surface area contributed by atoms with Gasteiger partial charge in [-0.25, -0.2) is 0 Å². The van der Waals surface area contributed by atoms with E-state index in [1.54, 1.807) is 7.11 Å². The summed E-state index contributed by atoms with van der Waals surface area (Å²) in [5, 5.41) is 11.8. The average Bonchev–Trinajstić information content (AvgIpc) is 3.09. The maximum absolute atomic E-state index is 11.8. The van der Waals surface area contributed by atoms with E-state index in [1.165, 1.54) is 0 Å². The van der Waals surface area contributed by atoms with Crippen LogP contribution in [0.25, 0.3) is 0 Å². The van der Waals surface area contributed by atoms with Gasteiger partial charge in [-0.3, -0.25) is 9.69 Å². The van der Waals surface area contributed by atoms with Gasteiger partial charge in [0.05, 0.1) is 19.3 Å². The second kappa shape index (κ2) is 6.83. The lowest BCUT2D eigenvalue weighted by molar-refractivity contribution is -0.126. The van der Waals surface area contributed by atoms with Gasteiger partial charge in [0.25, 0.3) is 0 Å². The van der Waals surface area contributed by atoms with Crippen molar-refractivity contribution >= 4 is 5.91 Å². The summed E-state index contributed by atoms with van der Waals surface area (Å²) >= 11 is 0. The highest BCUT2D eigenvalue weighted by Crippen LogP contribution is 2.28. The van der Waals surface area contributed by atoms with Crippen LogP contribution in [0.3, 0.4) is 0 Å². The molecule has 1 unspecified atom stereocenters. The molecule has 1 atom stereocenters. The van der Waals surface area contributed by atoms with Crippen molar-refractivity contribution in [3.63, 3.8) is 0 Å². The Kier molecular flexibility index (Phi) is 5.73. The second-order valence-corrected chi connectivity index (χ2v) is 4.15. The molecule has 0 heterocycles. The number of carbonyl (C=O) groups excluding carboxylic acids is 1. The van der Waals surface area contributed by atoms with Crippen LogP contribution in [0.5, 0.6) is 0 Å². The quantitative estimate of drug-likeness (QED) is 0.557. The minimum absolute atomic E-state index is 0.0115. The summed E-state index contributed by atoms with van der Waals surface area (Å²) in [6, 6.07) is 0.312. The molecule has 1 fully saturated rings. The number of aliphatic hydroxyl groups is 1. The number of carbonyl (C=O) groups is 1. The third-order valence-electron chi connectivity index (χ3n) is 2.86. The molecular weight excluding hydrogens is 208 g/mol. The number of rotatable bonds is 8. The third-order valence-corrected chi connectivity index (χ3v) is 2.86. The van der Waals surface area contributed by atoms with E-state index in [9.17, 15) is 4.79 Å². The SMILES string of the molecule is COCCNC(=O)C(C)N(CCO)C1CC1. The van der Waals surface area contributed by atoms with E-state index < -0.39 is 0 Å². The number of hydrogen-bond acceptors (Lipinski definition) is 4. The van der Waals surface area contributed by atoms with Gasteiger partial charge in [-0.05, 0) is 19.8 Å². The largest absolute Gasteiger partial charge is 0.395 e. The first-order valence-corrected chi connectivity index (χ1v) is 5.84. The second-order valence-electron chi connectivity index (χ2n) is 4.15. The summed E-state index contributed by atoms with van der Waals surface area (Å²) < 4.78 is 4.87. The van der Waals surface area contributed by atoms with Crippen molar-refractivity contribution in [2.75, 3.05) is 33.4 Å². The van der Waals surface area contributed by atoms with Crippen molar-refractivity contribution < 1.29 is 14.6 Å². The van der Waals surface area contributed by atoms with Crippen LogP contribution >= 0.6 is 0 Å². The first kappa shape index (κ1) is 13.4. The van der Waals surface area contributed by atoms with Crippen molar-refractivity contribution in [1.82, 2.24) is 10.2 Å². The summed E-state index contributed by atoms with van der Waals surface area (Å²) in [4.78, 5) is 13.8. The maximum Gasteiger partial charge on any atom is 0.237 e. The van der Waals surface area contributed by atoms with Crippen molar-refractivity contribution in [2.24, 2.45) is 0 Å². The number of nitrogens with one attached hydrogen (secondary N) is 1. The molecular formula is C11H22N2O3.